The Morgan fingerprint density at radius 3 is 2.27 bits per heavy atom. The van der Waals surface area contributed by atoms with Crippen molar-refractivity contribution in [2.24, 2.45) is 5.92 Å². The van der Waals surface area contributed by atoms with Crippen molar-refractivity contribution in [1.82, 2.24) is 0 Å². The molecule has 41 heavy (non-hydrogen) atoms. The average Bonchev–Trinajstić information content (AvgIpc) is 3.02. The molecule has 0 N–H and O–H groups in total. The van der Waals surface area contributed by atoms with Gasteiger partial charge in [0, 0.05) is 5.92 Å². The van der Waals surface area contributed by atoms with Crippen molar-refractivity contribution in [2.45, 2.75) is 44.7 Å². The second-order valence-electron chi connectivity index (χ2n) is 10.2. The Labute approximate surface area is 241 Å². The van der Waals surface area contributed by atoms with Gasteiger partial charge < -0.3 is 23.7 Å². The molecule has 0 aromatic heterocycles. The van der Waals surface area contributed by atoms with Crippen LogP contribution in [0.5, 0.6) is 0 Å². The maximum absolute atomic E-state index is 13.2. The predicted molar refractivity (Wildman–Crippen MR) is 158 cm³/mol. The van der Waals surface area contributed by atoms with E-state index in [1.807, 2.05) is 55.5 Å². The van der Waals surface area contributed by atoms with Crippen molar-refractivity contribution < 1.29 is 28.5 Å². The van der Waals surface area contributed by atoms with Crippen LogP contribution >= 0.6 is 0 Å². The normalized spacial score (nSPS) is 22.3. The molecule has 6 heteroatoms. The Kier molecular flexibility index (Phi) is 9.94. The smallest absolute Gasteiger partial charge is 0.338 e. The van der Waals surface area contributed by atoms with Crippen LogP contribution in [-0.4, -0.2) is 43.8 Å². The maximum Gasteiger partial charge on any atom is 0.338 e. The maximum atomic E-state index is 13.2. The van der Waals surface area contributed by atoms with Crippen molar-refractivity contribution in [3.05, 3.63) is 132 Å². The lowest BCUT2D eigenvalue weighted by Gasteiger charge is -2.44. The number of rotatable bonds is 12. The molecule has 0 bridgehead atoms. The van der Waals surface area contributed by atoms with Crippen LogP contribution in [-0.2, 0) is 36.9 Å². The van der Waals surface area contributed by atoms with Crippen molar-refractivity contribution in [2.75, 3.05) is 13.2 Å². The van der Waals surface area contributed by atoms with Crippen LogP contribution in [0.15, 0.2) is 116 Å². The van der Waals surface area contributed by atoms with E-state index in [-0.39, 0.29) is 18.6 Å². The molecule has 5 atom stereocenters. The molecule has 1 aliphatic rings. The Balaban J connectivity index is 1.37. The lowest BCUT2D eigenvalue weighted by Crippen LogP contribution is -2.58. The van der Waals surface area contributed by atoms with Crippen molar-refractivity contribution in [1.29, 1.82) is 0 Å². The Morgan fingerprint density at radius 1 is 0.805 bits per heavy atom. The van der Waals surface area contributed by atoms with Gasteiger partial charge in [-0.1, -0.05) is 97.9 Å². The van der Waals surface area contributed by atoms with Gasteiger partial charge in [-0.05, 0) is 40.1 Å². The highest BCUT2D eigenvalue weighted by Gasteiger charge is 2.47. The summed E-state index contributed by atoms with van der Waals surface area (Å²) in [6.45, 7) is 7.17. The van der Waals surface area contributed by atoms with Gasteiger partial charge in [-0.25, -0.2) is 4.79 Å². The fourth-order valence-electron chi connectivity index (χ4n) is 5.05. The van der Waals surface area contributed by atoms with Crippen LogP contribution in [0, 0.1) is 5.92 Å². The highest BCUT2D eigenvalue weighted by molar-refractivity contribution is 5.89. The van der Waals surface area contributed by atoms with E-state index in [4.69, 9.17) is 23.7 Å². The molecule has 1 saturated heterocycles. The summed E-state index contributed by atoms with van der Waals surface area (Å²) in [7, 11) is 0. The fraction of sp³-hybridized carbons (Fsp3) is 0.286. The average molecular weight is 553 g/mol. The van der Waals surface area contributed by atoms with Gasteiger partial charge in [0.2, 0.25) is 0 Å². The summed E-state index contributed by atoms with van der Waals surface area (Å²) in [5.41, 5.74) is 2.55. The molecule has 6 nitrogen and oxygen atoms in total. The molecule has 5 rings (SSSR count). The number of carbonyl (C=O) groups excluding carboxylic acids is 1. The lowest BCUT2D eigenvalue weighted by atomic mass is 9.90. The quantitative estimate of drug-likeness (QED) is 0.143. The van der Waals surface area contributed by atoms with Crippen LogP contribution in [0.3, 0.4) is 0 Å². The summed E-state index contributed by atoms with van der Waals surface area (Å²) >= 11 is 0. The molecule has 0 aliphatic carbocycles. The molecule has 0 radical (unpaired) electrons. The minimum atomic E-state index is -0.858. The summed E-state index contributed by atoms with van der Waals surface area (Å²) < 4.78 is 31.1. The summed E-state index contributed by atoms with van der Waals surface area (Å²) in [5.74, 6) is -0.625. The molecule has 4 aromatic rings. The van der Waals surface area contributed by atoms with Crippen molar-refractivity contribution in [3.8, 4) is 0 Å². The fourth-order valence-corrected chi connectivity index (χ4v) is 5.05. The molecule has 4 aromatic carbocycles. The number of hydrogen-bond donors (Lipinski definition) is 0. The largest absolute Gasteiger partial charge is 0.451 e. The Hall–Kier alpha value is -3.81. The van der Waals surface area contributed by atoms with E-state index in [2.05, 4.69) is 36.9 Å². The van der Waals surface area contributed by atoms with Gasteiger partial charge in [0.15, 0.2) is 12.4 Å². The predicted octanol–water partition coefficient (Wildman–Crippen LogP) is 6.73. The number of fused-ring (bicyclic) bond motifs is 1. The molecule has 212 valence electrons. The number of carbonyl (C=O) groups is 1. The zero-order chi connectivity index (χ0) is 28.4. The van der Waals surface area contributed by atoms with Gasteiger partial charge >= 0.3 is 5.97 Å². The molecular weight excluding hydrogens is 516 g/mol. The van der Waals surface area contributed by atoms with Crippen molar-refractivity contribution in [3.63, 3.8) is 0 Å². The molecule has 0 saturated carbocycles. The monoisotopic (exact) mass is 552 g/mol. The number of benzene rings is 4. The third-order valence-corrected chi connectivity index (χ3v) is 7.29. The van der Waals surface area contributed by atoms with E-state index < -0.39 is 24.5 Å². The number of ether oxygens (including phenoxy) is 5. The zero-order valence-electron chi connectivity index (χ0n) is 23.3. The van der Waals surface area contributed by atoms with Gasteiger partial charge in [0.25, 0.3) is 0 Å². The minimum Gasteiger partial charge on any atom is -0.451 e. The first kappa shape index (κ1) is 28.7. The highest BCUT2D eigenvalue weighted by atomic mass is 16.7. The Morgan fingerprint density at radius 2 is 1.51 bits per heavy atom. The zero-order valence-corrected chi connectivity index (χ0v) is 23.3. The standard InChI is InChI=1S/C35H36O6/c1-3-20-38-35-33(41-34(36)29-15-8-5-9-16-29)32(39-23-27-18-19-28-14-10-11-17-30(28)21-27)25(2)31(40-35)24-37-22-26-12-6-4-7-13-26/h3-19,21,25,31-33,35H,1,20,22-24H2,2H3/t25-,31?,32-,33?,35+/m0/s1. The third kappa shape index (κ3) is 7.48. The van der Waals surface area contributed by atoms with Crippen LogP contribution in [0.2, 0.25) is 0 Å². The second-order valence-corrected chi connectivity index (χ2v) is 10.2. The SMILES string of the molecule is C=CCO[C@@H]1OC(COCc2ccccc2)[C@H](C)[C@H](OCc2ccc3ccccc3c2)C1OC(=O)c1ccccc1. The summed E-state index contributed by atoms with van der Waals surface area (Å²) in [5, 5.41) is 2.30. The van der Waals surface area contributed by atoms with Crippen LogP contribution in [0.25, 0.3) is 10.8 Å². The van der Waals surface area contributed by atoms with E-state index in [9.17, 15) is 4.79 Å². The van der Waals surface area contributed by atoms with Gasteiger partial charge in [-0.3, -0.25) is 0 Å². The second kappa shape index (κ2) is 14.2. The van der Waals surface area contributed by atoms with Gasteiger partial charge in [-0.15, -0.1) is 6.58 Å². The third-order valence-electron chi connectivity index (χ3n) is 7.29. The van der Waals surface area contributed by atoms with Crippen LogP contribution in [0.1, 0.15) is 28.4 Å². The van der Waals surface area contributed by atoms with E-state index in [0.717, 1.165) is 16.5 Å². The first-order chi connectivity index (χ1) is 20.1. The van der Waals surface area contributed by atoms with Gasteiger partial charge in [-0.2, -0.15) is 0 Å². The molecule has 0 spiro atoms. The molecule has 1 fully saturated rings. The van der Waals surface area contributed by atoms with Gasteiger partial charge in [0.1, 0.15) is 6.10 Å². The number of esters is 1. The molecule has 1 aliphatic heterocycles. The van der Waals surface area contributed by atoms with Crippen molar-refractivity contribution >= 4 is 16.7 Å². The first-order valence-corrected chi connectivity index (χ1v) is 14.0. The first-order valence-electron chi connectivity index (χ1n) is 14.0. The van der Waals surface area contributed by atoms with E-state index in [1.165, 1.54) is 5.39 Å². The molecule has 1 heterocycles. The van der Waals surface area contributed by atoms with Crippen LogP contribution in [0.4, 0.5) is 0 Å². The number of hydrogen-bond acceptors (Lipinski definition) is 6. The topological polar surface area (TPSA) is 63.2 Å². The highest BCUT2D eigenvalue weighted by Crippen LogP contribution is 2.33. The lowest BCUT2D eigenvalue weighted by molar-refractivity contribution is -0.294. The Bertz CT molecular complexity index is 1410. The van der Waals surface area contributed by atoms with E-state index in [0.29, 0.717) is 25.4 Å². The summed E-state index contributed by atoms with van der Waals surface area (Å²) in [4.78, 5) is 13.2. The van der Waals surface area contributed by atoms with Gasteiger partial charge in [0.05, 0.1) is 38.1 Å². The molecule has 0 amide bonds. The molecule has 2 unspecified atom stereocenters. The van der Waals surface area contributed by atoms with E-state index >= 15 is 0 Å². The van der Waals surface area contributed by atoms with Crippen LogP contribution < -0.4 is 0 Å². The summed E-state index contributed by atoms with van der Waals surface area (Å²) in [6.07, 6.45) is -0.874. The molecular formula is C35H36O6. The summed E-state index contributed by atoms with van der Waals surface area (Å²) in [6, 6.07) is 33.4. The minimum absolute atomic E-state index is 0.164. The van der Waals surface area contributed by atoms with E-state index in [1.54, 1.807) is 30.3 Å².